The molecule has 1 amide bonds. The Morgan fingerprint density at radius 3 is 2.67 bits per heavy atom. The van der Waals surface area contributed by atoms with E-state index in [9.17, 15) is 18.0 Å². The number of nitrogens with two attached hydrogens (primary N) is 1. The van der Waals surface area contributed by atoms with Gasteiger partial charge in [0.05, 0.1) is 6.54 Å². The molecule has 0 aliphatic carbocycles. The molecule has 1 aliphatic heterocycles. The van der Waals surface area contributed by atoms with Gasteiger partial charge in [0.2, 0.25) is 5.91 Å². The predicted octanol–water partition coefficient (Wildman–Crippen LogP) is 0.724. The Balaban J connectivity index is 2.37. The van der Waals surface area contributed by atoms with Gasteiger partial charge in [-0.3, -0.25) is 9.69 Å². The molecule has 1 rings (SSSR count). The number of amides is 1. The third-order valence-corrected chi connectivity index (χ3v) is 3.27. The van der Waals surface area contributed by atoms with E-state index in [1.165, 1.54) is 0 Å². The Morgan fingerprint density at radius 2 is 2.11 bits per heavy atom. The lowest BCUT2D eigenvalue weighted by molar-refractivity contribution is -0.139. The van der Waals surface area contributed by atoms with Crippen LogP contribution in [0.2, 0.25) is 0 Å². The van der Waals surface area contributed by atoms with Crippen molar-refractivity contribution < 1.29 is 18.0 Å². The van der Waals surface area contributed by atoms with E-state index in [4.69, 9.17) is 5.73 Å². The van der Waals surface area contributed by atoms with Gasteiger partial charge in [0.25, 0.3) is 0 Å². The molecule has 1 aliphatic rings. The quantitative estimate of drug-likeness (QED) is 0.789. The summed E-state index contributed by atoms with van der Waals surface area (Å²) < 4.78 is 35.8. The van der Waals surface area contributed by atoms with Gasteiger partial charge in [-0.1, -0.05) is 0 Å². The van der Waals surface area contributed by atoms with Crippen molar-refractivity contribution in [1.82, 2.24) is 10.2 Å². The largest absolute Gasteiger partial charge is 0.405 e. The lowest BCUT2D eigenvalue weighted by Gasteiger charge is -2.37. The summed E-state index contributed by atoms with van der Waals surface area (Å²) in [6, 6.07) is 0.212. The molecule has 2 atom stereocenters. The highest BCUT2D eigenvalue weighted by Crippen LogP contribution is 2.20. The molecule has 4 nitrogen and oxygen atoms in total. The fourth-order valence-electron chi connectivity index (χ4n) is 2.11. The van der Waals surface area contributed by atoms with Gasteiger partial charge in [-0.15, -0.1) is 0 Å². The average Bonchev–Trinajstić information content (AvgIpc) is 2.28. The number of hydrogen-bond acceptors (Lipinski definition) is 3. The summed E-state index contributed by atoms with van der Waals surface area (Å²) in [6.45, 7) is 1.94. The summed E-state index contributed by atoms with van der Waals surface area (Å²) in [7, 11) is 0. The number of rotatable bonds is 4. The zero-order valence-corrected chi connectivity index (χ0v) is 10.5. The number of hydrogen-bond donors (Lipinski definition) is 2. The van der Waals surface area contributed by atoms with Crippen LogP contribution < -0.4 is 11.1 Å². The van der Waals surface area contributed by atoms with Gasteiger partial charge in [0.1, 0.15) is 6.54 Å². The maximum atomic E-state index is 11.9. The summed E-state index contributed by atoms with van der Waals surface area (Å²) in [4.78, 5) is 13.3. The molecule has 7 heteroatoms. The summed E-state index contributed by atoms with van der Waals surface area (Å²) in [5.41, 5.74) is 5.58. The van der Waals surface area contributed by atoms with Gasteiger partial charge in [0, 0.05) is 12.6 Å². The molecule has 0 aromatic rings. The molecule has 1 fully saturated rings. The zero-order valence-electron chi connectivity index (χ0n) is 10.5. The van der Waals surface area contributed by atoms with E-state index in [-0.39, 0.29) is 12.6 Å². The van der Waals surface area contributed by atoms with Crippen molar-refractivity contribution in [1.29, 1.82) is 0 Å². The van der Waals surface area contributed by atoms with E-state index < -0.39 is 18.6 Å². The second kappa shape index (κ2) is 6.38. The van der Waals surface area contributed by atoms with Crippen LogP contribution >= 0.6 is 0 Å². The van der Waals surface area contributed by atoms with Crippen LogP contribution in [0, 0.1) is 5.92 Å². The molecule has 0 saturated carbocycles. The highest BCUT2D eigenvalue weighted by molar-refractivity contribution is 5.78. The van der Waals surface area contributed by atoms with Gasteiger partial charge in [-0.25, -0.2) is 0 Å². The molecule has 2 unspecified atom stereocenters. The normalized spacial score (nSPS) is 26.1. The number of nitrogens with one attached hydrogen (secondary N) is 1. The van der Waals surface area contributed by atoms with E-state index in [2.05, 4.69) is 0 Å². The van der Waals surface area contributed by atoms with E-state index >= 15 is 0 Å². The number of halogens is 3. The summed E-state index contributed by atoms with van der Waals surface area (Å²) in [6.07, 6.45) is -2.42. The highest BCUT2D eigenvalue weighted by atomic mass is 19.4. The van der Waals surface area contributed by atoms with Crippen molar-refractivity contribution in [2.75, 3.05) is 26.2 Å². The molecule has 0 aromatic heterocycles. The minimum Gasteiger partial charge on any atom is -0.346 e. The van der Waals surface area contributed by atoms with Crippen LogP contribution in [0.5, 0.6) is 0 Å². The third kappa shape index (κ3) is 5.22. The fourth-order valence-corrected chi connectivity index (χ4v) is 2.11. The molecular formula is C11H20F3N3O. The lowest BCUT2D eigenvalue weighted by Crippen LogP contribution is -2.49. The van der Waals surface area contributed by atoms with Crippen molar-refractivity contribution in [3.05, 3.63) is 0 Å². The van der Waals surface area contributed by atoms with Crippen LogP contribution in [0.25, 0.3) is 0 Å². The molecule has 0 aromatic carbocycles. The molecule has 0 radical (unpaired) electrons. The van der Waals surface area contributed by atoms with Gasteiger partial charge >= 0.3 is 6.18 Å². The Bertz CT molecular complexity index is 283. The van der Waals surface area contributed by atoms with Gasteiger partial charge in [-0.05, 0) is 32.2 Å². The number of alkyl halides is 3. The molecule has 0 spiro atoms. The van der Waals surface area contributed by atoms with Gasteiger partial charge in [-0.2, -0.15) is 13.2 Å². The number of carbonyl (C=O) groups is 1. The van der Waals surface area contributed by atoms with Crippen LogP contribution in [0.3, 0.4) is 0 Å². The molecule has 0 bridgehead atoms. The topological polar surface area (TPSA) is 58.4 Å². The van der Waals surface area contributed by atoms with Crippen molar-refractivity contribution >= 4 is 5.91 Å². The summed E-state index contributed by atoms with van der Waals surface area (Å²) >= 11 is 0. The monoisotopic (exact) mass is 267 g/mol. The fraction of sp³-hybridized carbons (Fsp3) is 0.909. The summed E-state index contributed by atoms with van der Waals surface area (Å²) in [5.74, 6) is -0.256. The van der Waals surface area contributed by atoms with Crippen LogP contribution in [-0.4, -0.2) is 49.2 Å². The zero-order chi connectivity index (χ0) is 13.8. The minimum atomic E-state index is -4.36. The van der Waals surface area contributed by atoms with Crippen molar-refractivity contribution in [3.8, 4) is 0 Å². The molecule has 1 heterocycles. The van der Waals surface area contributed by atoms with E-state index in [1.54, 1.807) is 0 Å². The number of likely N-dealkylation sites (tertiary alicyclic amines) is 1. The molecule has 3 N–H and O–H groups in total. The first kappa shape index (κ1) is 15.2. The predicted molar refractivity (Wildman–Crippen MR) is 61.9 cm³/mol. The highest BCUT2D eigenvalue weighted by Gasteiger charge is 2.29. The van der Waals surface area contributed by atoms with Crippen LogP contribution in [0.4, 0.5) is 13.2 Å². The maximum Gasteiger partial charge on any atom is 0.405 e. The van der Waals surface area contributed by atoms with Crippen molar-refractivity contribution in [2.45, 2.75) is 32.0 Å². The molecule has 1 saturated heterocycles. The minimum absolute atomic E-state index is 0.00769. The molecular weight excluding hydrogens is 247 g/mol. The lowest BCUT2D eigenvalue weighted by atomic mass is 9.93. The first-order valence-corrected chi connectivity index (χ1v) is 6.09. The number of nitrogens with zero attached hydrogens (tertiary/aromatic N) is 1. The van der Waals surface area contributed by atoms with Crippen LogP contribution in [0.1, 0.15) is 19.8 Å². The Kier molecular flexibility index (Phi) is 5.40. The number of piperidine rings is 1. The standard InChI is InChI=1S/C11H20F3N3O/c1-8-2-3-9(4-15)5-17(8)6-10(18)16-7-11(12,13)14/h8-9H,2-7,15H2,1H3,(H,16,18). The van der Waals surface area contributed by atoms with E-state index in [1.807, 2.05) is 17.1 Å². The number of carbonyl (C=O) groups excluding carboxylic acids is 1. The first-order chi connectivity index (χ1) is 8.31. The first-order valence-electron chi connectivity index (χ1n) is 6.09. The van der Waals surface area contributed by atoms with Crippen LogP contribution in [0.15, 0.2) is 0 Å². The van der Waals surface area contributed by atoms with Gasteiger partial charge in [0.15, 0.2) is 0 Å². The van der Waals surface area contributed by atoms with Gasteiger partial charge < -0.3 is 11.1 Å². The summed E-state index contributed by atoms with van der Waals surface area (Å²) in [5, 5.41) is 1.89. The average molecular weight is 267 g/mol. The molecule has 18 heavy (non-hydrogen) atoms. The Morgan fingerprint density at radius 1 is 1.44 bits per heavy atom. The van der Waals surface area contributed by atoms with Crippen LogP contribution in [-0.2, 0) is 4.79 Å². The van der Waals surface area contributed by atoms with Crippen molar-refractivity contribution in [2.24, 2.45) is 11.7 Å². The SMILES string of the molecule is CC1CCC(CN)CN1CC(=O)NCC(F)(F)F. The third-order valence-electron chi connectivity index (χ3n) is 3.27. The second-order valence-electron chi connectivity index (χ2n) is 4.85. The smallest absolute Gasteiger partial charge is 0.346 e. The van der Waals surface area contributed by atoms with E-state index in [0.717, 1.165) is 12.8 Å². The maximum absolute atomic E-state index is 11.9. The molecule has 106 valence electrons. The van der Waals surface area contributed by atoms with E-state index in [0.29, 0.717) is 19.0 Å². The van der Waals surface area contributed by atoms with Crippen molar-refractivity contribution in [3.63, 3.8) is 0 Å². The second-order valence-corrected chi connectivity index (χ2v) is 4.85. The Labute approximate surface area is 105 Å². The Hall–Kier alpha value is -0.820.